The summed E-state index contributed by atoms with van der Waals surface area (Å²) in [6, 6.07) is 6.77. The van der Waals surface area contributed by atoms with E-state index < -0.39 is 0 Å². The maximum absolute atomic E-state index is 13.2. The molecule has 178 valence electrons. The predicted octanol–water partition coefficient (Wildman–Crippen LogP) is 5.59. The third-order valence-corrected chi connectivity index (χ3v) is 11.8. The fourth-order valence-corrected chi connectivity index (χ4v) is 8.68. The van der Waals surface area contributed by atoms with Gasteiger partial charge in [0.25, 0.3) is 0 Å². The first kappa shape index (κ1) is 23.5. The Hall–Kier alpha value is -1.21. The molecule has 1 aromatic rings. The van der Waals surface area contributed by atoms with Gasteiger partial charge in [-0.2, -0.15) is 0 Å². The number of benzene rings is 1. The molecule has 2 bridgehead atoms. The molecule has 2 amide bonds. The van der Waals surface area contributed by atoms with Crippen LogP contribution in [-0.4, -0.2) is 33.5 Å². The fraction of sp³-hybridized carbons (Fsp3) is 0.654. The van der Waals surface area contributed by atoms with Gasteiger partial charge in [0.15, 0.2) is 0 Å². The van der Waals surface area contributed by atoms with Crippen molar-refractivity contribution in [1.82, 2.24) is 0 Å². The number of hydrogen-bond acceptors (Lipinski definition) is 4. The van der Waals surface area contributed by atoms with Crippen LogP contribution in [0, 0.1) is 41.4 Å². The lowest BCUT2D eigenvalue weighted by molar-refractivity contribution is -0.123. The molecule has 1 aliphatic heterocycles. The van der Waals surface area contributed by atoms with Crippen molar-refractivity contribution in [1.29, 1.82) is 0 Å². The second kappa shape index (κ2) is 8.78. The molecule has 1 aromatic carbocycles. The Morgan fingerprint density at radius 2 is 1.55 bits per heavy atom. The SMILES string of the molecule is CC(C)[C@H]1CC[C@@H](C)C[C@H]1OC(=O)c1ccc(N2C(=O)[C@@H]3[C@@H]4C[C@H]([C@H](Br)[C@@H]4Br)[C@@H]3C2=O)cc1. The first-order valence-electron chi connectivity index (χ1n) is 12.2. The van der Waals surface area contributed by atoms with Gasteiger partial charge in [0.05, 0.1) is 23.1 Å². The highest BCUT2D eigenvalue weighted by Crippen LogP contribution is 2.60. The third kappa shape index (κ3) is 3.81. The van der Waals surface area contributed by atoms with E-state index in [2.05, 4.69) is 52.6 Å². The van der Waals surface area contributed by atoms with Crippen LogP contribution in [0.3, 0.4) is 0 Å². The molecule has 7 heteroatoms. The van der Waals surface area contributed by atoms with Crippen molar-refractivity contribution in [3.8, 4) is 0 Å². The number of carbonyl (C=O) groups is 3. The van der Waals surface area contributed by atoms with Crippen molar-refractivity contribution in [2.24, 2.45) is 41.4 Å². The van der Waals surface area contributed by atoms with Crippen molar-refractivity contribution in [2.75, 3.05) is 4.90 Å². The Bertz CT molecular complexity index is 932. The van der Waals surface area contributed by atoms with Gasteiger partial charge >= 0.3 is 5.97 Å². The summed E-state index contributed by atoms with van der Waals surface area (Å²) in [7, 11) is 0. The minimum atomic E-state index is -0.329. The molecule has 0 aromatic heterocycles. The molecule has 0 radical (unpaired) electrons. The normalized spacial score (nSPS) is 39.9. The van der Waals surface area contributed by atoms with Crippen molar-refractivity contribution in [3.63, 3.8) is 0 Å². The number of carbonyl (C=O) groups excluding carboxylic acids is 3. The first-order valence-corrected chi connectivity index (χ1v) is 14.0. The fourth-order valence-electron chi connectivity index (χ4n) is 6.81. The van der Waals surface area contributed by atoms with Gasteiger partial charge in [-0.15, -0.1) is 0 Å². The minimum absolute atomic E-state index is 0.0630. The average molecular weight is 581 g/mol. The van der Waals surface area contributed by atoms with Gasteiger partial charge in [0.2, 0.25) is 11.8 Å². The van der Waals surface area contributed by atoms with Gasteiger partial charge in [-0.1, -0.05) is 59.1 Å². The van der Waals surface area contributed by atoms with E-state index in [-0.39, 0.29) is 57.2 Å². The second-order valence-electron chi connectivity index (χ2n) is 10.8. The molecule has 1 saturated heterocycles. The molecular formula is C26H31Br2NO4. The lowest BCUT2D eigenvalue weighted by Crippen LogP contribution is -2.37. The molecule has 3 aliphatic carbocycles. The molecule has 4 fully saturated rings. The van der Waals surface area contributed by atoms with Gasteiger partial charge in [0, 0.05) is 9.65 Å². The van der Waals surface area contributed by atoms with Crippen LogP contribution in [0.25, 0.3) is 0 Å². The number of anilines is 1. The molecule has 3 saturated carbocycles. The quantitative estimate of drug-likeness (QED) is 0.265. The average Bonchev–Trinajstić information content (AvgIpc) is 3.38. The lowest BCUT2D eigenvalue weighted by Gasteiger charge is -2.36. The van der Waals surface area contributed by atoms with E-state index in [0.717, 1.165) is 19.3 Å². The van der Waals surface area contributed by atoms with Crippen LogP contribution >= 0.6 is 31.9 Å². The zero-order valence-electron chi connectivity index (χ0n) is 19.2. The molecule has 1 heterocycles. The van der Waals surface area contributed by atoms with Gasteiger partial charge < -0.3 is 4.74 Å². The van der Waals surface area contributed by atoms with Crippen LogP contribution in [0.2, 0.25) is 0 Å². The Morgan fingerprint density at radius 3 is 2.09 bits per heavy atom. The van der Waals surface area contributed by atoms with Crippen molar-refractivity contribution >= 4 is 55.3 Å². The van der Waals surface area contributed by atoms with Crippen molar-refractivity contribution < 1.29 is 19.1 Å². The Morgan fingerprint density at radius 1 is 0.970 bits per heavy atom. The number of esters is 1. The Kier molecular flexibility index (Phi) is 6.26. The summed E-state index contributed by atoms with van der Waals surface area (Å²) in [5.74, 6) is 0.760. The number of hydrogen-bond donors (Lipinski definition) is 0. The number of alkyl halides is 2. The standard InChI is InChI=1S/C26H31Br2NO4/c1-12(2)16-9-4-13(3)10-19(16)33-26(32)14-5-7-15(8-6-14)29-24(30)20-17-11-18(21(20)25(29)31)23(28)22(17)27/h5-8,12-13,16-23H,4,9-11H2,1-3H3/t13-,16-,17+,18+,19-,20-,21+,22-,23+/m1/s1. The van der Waals surface area contributed by atoms with Crippen LogP contribution in [0.1, 0.15) is 56.8 Å². The third-order valence-electron chi connectivity index (χ3n) is 8.57. The van der Waals surface area contributed by atoms with Crippen LogP contribution in [-0.2, 0) is 14.3 Å². The van der Waals surface area contributed by atoms with E-state index in [1.54, 1.807) is 24.3 Å². The molecular weight excluding hydrogens is 550 g/mol. The van der Waals surface area contributed by atoms with E-state index in [4.69, 9.17) is 4.74 Å². The first-order chi connectivity index (χ1) is 15.7. The maximum atomic E-state index is 13.2. The number of imide groups is 1. The van der Waals surface area contributed by atoms with Crippen LogP contribution in [0.15, 0.2) is 24.3 Å². The molecule has 0 spiro atoms. The number of halogens is 2. The topological polar surface area (TPSA) is 63.7 Å². The molecule has 5 nitrogen and oxygen atoms in total. The highest BCUT2D eigenvalue weighted by Gasteiger charge is 2.66. The van der Waals surface area contributed by atoms with Crippen molar-refractivity contribution in [3.05, 3.63) is 29.8 Å². The van der Waals surface area contributed by atoms with E-state index in [1.165, 1.54) is 11.3 Å². The monoisotopic (exact) mass is 579 g/mol. The number of amides is 2. The van der Waals surface area contributed by atoms with Gasteiger partial charge in [-0.3, -0.25) is 14.5 Å². The van der Waals surface area contributed by atoms with E-state index in [0.29, 0.717) is 29.0 Å². The number of ether oxygens (including phenoxy) is 1. The van der Waals surface area contributed by atoms with Gasteiger partial charge in [-0.25, -0.2) is 4.79 Å². The van der Waals surface area contributed by atoms with E-state index >= 15 is 0 Å². The highest BCUT2D eigenvalue weighted by atomic mass is 79.9. The molecule has 33 heavy (non-hydrogen) atoms. The number of nitrogens with zero attached hydrogens (tertiary/aromatic N) is 1. The number of fused-ring (bicyclic) bond motifs is 5. The van der Waals surface area contributed by atoms with Crippen LogP contribution < -0.4 is 4.90 Å². The largest absolute Gasteiger partial charge is 0.458 e. The summed E-state index contributed by atoms with van der Waals surface area (Å²) in [5.41, 5.74) is 0.999. The van der Waals surface area contributed by atoms with E-state index in [9.17, 15) is 14.4 Å². The molecule has 0 N–H and O–H groups in total. The maximum Gasteiger partial charge on any atom is 0.338 e. The zero-order valence-corrected chi connectivity index (χ0v) is 22.4. The van der Waals surface area contributed by atoms with E-state index in [1.807, 2.05) is 0 Å². The molecule has 4 aliphatic rings. The zero-order chi connectivity index (χ0) is 23.6. The smallest absolute Gasteiger partial charge is 0.338 e. The Balaban J connectivity index is 1.30. The minimum Gasteiger partial charge on any atom is -0.458 e. The molecule has 9 atom stereocenters. The molecule has 0 unspecified atom stereocenters. The number of rotatable bonds is 4. The summed E-state index contributed by atoms with van der Waals surface area (Å²) < 4.78 is 5.95. The summed E-state index contributed by atoms with van der Waals surface area (Å²) in [6.45, 7) is 6.60. The van der Waals surface area contributed by atoms with Crippen molar-refractivity contribution in [2.45, 2.75) is 62.2 Å². The summed E-state index contributed by atoms with van der Waals surface area (Å²) >= 11 is 7.45. The molecule has 5 rings (SSSR count). The predicted molar refractivity (Wildman–Crippen MR) is 133 cm³/mol. The summed E-state index contributed by atoms with van der Waals surface area (Å²) in [6.07, 6.45) is 4.02. The van der Waals surface area contributed by atoms with Gasteiger partial charge in [0.1, 0.15) is 6.10 Å². The summed E-state index contributed by atoms with van der Waals surface area (Å²) in [4.78, 5) is 41.1. The Labute approximate surface area is 212 Å². The second-order valence-corrected chi connectivity index (χ2v) is 12.9. The van der Waals surface area contributed by atoms with Crippen LogP contribution in [0.5, 0.6) is 0 Å². The van der Waals surface area contributed by atoms with Crippen LogP contribution in [0.4, 0.5) is 5.69 Å². The van der Waals surface area contributed by atoms with Gasteiger partial charge in [-0.05, 0) is 73.1 Å². The highest BCUT2D eigenvalue weighted by molar-refractivity contribution is 9.12. The lowest BCUT2D eigenvalue weighted by atomic mass is 9.75. The summed E-state index contributed by atoms with van der Waals surface area (Å²) in [5, 5.41) is 0.